The molecule has 1 aromatic rings. The van der Waals surface area contributed by atoms with Gasteiger partial charge in [-0.15, -0.1) is 0 Å². The molecule has 0 spiro atoms. The van der Waals surface area contributed by atoms with E-state index in [9.17, 15) is 4.79 Å². The lowest BCUT2D eigenvalue weighted by atomic mass is 10.1. The van der Waals surface area contributed by atoms with Gasteiger partial charge in [-0.3, -0.25) is 5.10 Å². The fourth-order valence-corrected chi connectivity index (χ4v) is 2.06. The highest BCUT2D eigenvalue weighted by atomic mass is 16.5. The molecule has 16 heavy (non-hydrogen) atoms. The third-order valence-electron chi connectivity index (χ3n) is 2.94. The Morgan fingerprint density at radius 1 is 1.56 bits per heavy atom. The lowest BCUT2D eigenvalue weighted by Gasteiger charge is -2.08. The van der Waals surface area contributed by atoms with Gasteiger partial charge < -0.3 is 9.84 Å². The zero-order valence-corrected chi connectivity index (χ0v) is 9.11. The van der Waals surface area contributed by atoms with E-state index >= 15 is 0 Å². The number of carboxylic acid groups (broad SMARTS) is 1. The molecule has 1 heterocycles. The first-order valence-corrected chi connectivity index (χ1v) is 5.61. The molecule has 1 aromatic heterocycles. The molecule has 0 atom stereocenters. The van der Waals surface area contributed by atoms with Crippen molar-refractivity contribution in [1.29, 1.82) is 0 Å². The van der Waals surface area contributed by atoms with Crippen LogP contribution in [0.25, 0.3) is 0 Å². The predicted octanol–water partition coefficient (Wildman–Crippen LogP) is 1.81. The fraction of sp³-hybridized carbons (Fsp3) is 0.636. The van der Waals surface area contributed by atoms with Gasteiger partial charge in [-0.2, -0.15) is 5.10 Å². The van der Waals surface area contributed by atoms with Gasteiger partial charge in [-0.25, -0.2) is 4.79 Å². The monoisotopic (exact) mass is 224 g/mol. The number of nitrogens with one attached hydrogen (secondary N) is 1. The Kier molecular flexibility index (Phi) is 3.56. The van der Waals surface area contributed by atoms with E-state index in [1.54, 1.807) is 0 Å². The van der Waals surface area contributed by atoms with Gasteiger partial charge in [0, 0.05) is 6.61 Å². The summed E-state index contributed by atoms with van der Waals surface area (Å²) in [6, 6.07) is 1.51. The average Bonchev–Trinajstić information content (AvgIpc) is 2.87. The van der Waals surface area contributed by atoms with Gasteiger partial charge in [-0.05, 0) is 24.8 Å². The summed E-state index contributed by atoms with van der Waals surface area (Å²) in [6.45, 7) is 1.18. The minimum Gasteiger partial charge on any atom is -0.476 e. The molecular weight excluding hydrogens is 208 g/mol. The maximum absolute atomic E-state index is 10.6. The zero-order valence-electron chi connectivity index (χ0n) is 9.11. The Labute approximate surface area is 93.8 Å². The number of carbonyl (C=O) groups is 1. The Balaban J connectivity index is 1.74. The van der Waals surface area contributed by atoms with Crippen molar-refractivity contribution in [2.75, 3.05) is 6.61 Å². The smallest absolute Gasteiger partial charge is 0.356 e. The van der Waals surface area contributed by atoms with Gasteiger partial charge in [0.05, 0.1) is 12.3 Å². The van der Waals surface area contributed by atoms with E-state index in [4.69, 9.17) is 9.84 Å². The molecule has 0 aliphatic heterocycles. The summed E-state index contributed by atoms with van der Waals surface area (Å²) in [5.41, 5.74) is 0.759. The van der Waals surface area contributed by atoms with E-state index in [-0.39, 0.29) is 5.69 Å². The molecule has 88 valence electrons. The van der Waals surface area contributed by atoms with Crippen LogP contribution in [0.5, 0.6) is 0 Å². The van der Waals surface area contributed by atoms with E-state index < -0.39 is 5.97 Å². The third kappa shape index (κ3) is 2.82. The van der Waals surface area contributed by atoms with Crippen LogP contribution in [-0.2, 0) is 11.3 Å². The summed E-state index contributed by atoms with van der Waals surface area (Å²) >= 11 is 0. The van der Waals surface area contributed by atoms with Crippen LogP contribution in [-0.4, -0.2) is 27.9 Å². The van der Waals surface area contributed by atoms with Crippen molar-refractivity contribution < 1.29 is 14.6 Å². The molecule has 1 aliphatic carbocycles. The summed E-state index contributed by atoms with van der Waals surface area (Å²) in [5.74, 6) is -0.333. The van der Waals surface area contributed by atoms with Crippen LogP contribution in [0.1, 0.15) is 41.9 Å². The highest BCUT2D eigenvalue weighted by Crippen LogP contribution is 2.24. The van der Waals surface area contributed by atoms with E-state index in [2.05, 4.69) is 10.2 Å². The van der Waals surface area contributed by atoms with Crippen molar-refractivity contribution in [3.63, 3.8) is 0 Å². The molecule has 0 amide bonds. The Bertz CT molecular complexity index is 356. The molecule has 0 aromatic carbocycles. The summed E-state index contributed by atoms with van der Waals surface area (Å²) in [7, 11) is 0. The van der Waals surface area contributed by atoms with Gasteiger partial charge in [0.25, 0.3) is 0 Å². The number of ether oxygens (including phenoxy) is 1. The van der Waals surface area contributed by atoms with Crippen molar-refractivity contribution in [3.05, 3.63) is 17.5 Å². The molecule has 2 N–H and O–H groups in total. The highest BCUT2D eigenvalue weighted by Gasteiger charge is 2.15. The Morgan fingerprint density at radius 2 is 2.31 bits per heavy atom. The van der Waals surface area contributed by atoms with Crippen LogP contribution in [0.2, 0.25) is 0 Å². The van der Waals surface area contributed by atoms with E-state index in [0.717, 1.165) is 12.3 Å². The SMILES string of the molecule is O=C(O)c1cc(COCC2CCCC2)[nH]n1. The van der Waals surface area contributed by atoms with Crippen molar-refractivity contribution in [1.82, 2.24) is 10.2 Å². The van der Waals surface area contributed by atoms with Gasteiger partial charge in [0.1, 0.15) is 0 Å². The molecule has 1 fully saturated rings. The van der Waals surface area contributed by atoms with Crippen LogP contribution >= 0.6 is 0 Å². The molecule has 1 aliphatic rings. The lowest BCUT2D eigenvalue weighted by Crippen LogP contribution is -2.05. The number of carboxylic acids is 1. The van der Waals surface area contributed by atoms with E-state index in [1.807, 2.05) is 0 Å². The molecule has 2 rings (SSSR count). The van der Waals surface area contributed by atoms with E-state index in [1.165, 1.54) is 31.7 Å². The second-order valence-corrected chi connectivity index (χ2v) is 4.25. The first-order chi connectivity index (χ1) is 7.75. The fourth-order valence-electron chi connectivity index (χ4n) is 2.06. The molecule has 5 heteroatoms. The maximum atomic E-state index is 10.6. The first-order valence-electron chi connectivity index (χ1n) is 5.61. The molecule has 0 bridgehead atoms. The Morgan fingerprint density at radius 3 is 2.94 bits per heavy atom. The number of nitrogens with zero attached hydrogens (tertiary/aromatic N) is 1. The number of rotatable bonds is 5. The zero-order chi connectivity index (χ0) is 11.4. The van der Waals surface area contributed by atoms with Crippen LogP contribution in [0.4, 0.5) is 0 Å². The van der Waals surface area contributed by atoms with Gasteiger partial charge >= 0.3 is 5.97 Å². The van der Waals surface area contributed by atoms with Crippen molar-refractivity contribution in [2.24, 2.45) is 5.92 Å². The summed E-state index contributed by atoms with van der Waals surface area (Å²) < 4.78 is 5.53. The Hall–Kier alpha value is -1.36. The summed E-state index contributed by atoms with van der Waals surface area (Å²) in [6.07, 6.45) is 5.12. The number of aromatic nitrogens is 2. The van der Waals surface area contributed by atoms with Crippen molar-refractivity contribution in [3.8, 4) is 0 Å². The van der Waals surface area contributed by atoms with Gasteiger partial charge in [-0.1, -0.05) is 12.8 Å². The minimum atomic E-state index is -1.02. The van der Waals surface area contributed by atoms with Gasteiger partial charge in [0.15, 0.2) is 5.69 Å². The molecule has 0 radical (unpaired) electrons. The summed E-state index contributed by atoms with van der Waals surface area (Å²) in [4.78, 5) is 10.6. The second-order valence-electron chi connectivity index (χ2n) is 4.25. The average molecular weight is 224 g/mol. The number of hydrogen-bond donors (Lipinski definition) is 2. The van der Waals surface area contributed by atoms with Crippen LogP contribution in [0.3, 0.4) is 0 Å². The molecule has 0 unspecified atom stereocenters. The number of hydrogen-bond acceptors (Lipinski definition) is 3. The second kappa shape index (κ2) is 5.12. The minimum absolute atomic E-state index is 0.0412. The number of aromatic carboxylic acids is 1. The summed E-state index contributed by atoms with van der Waals surface area (Å²) in [5, 5.41) is 15.0. The first kappa shape index (κ1) is 11.1. The molecule has 1 saturated carbocycles. The third-order valence-corrected chi connectivity index (χ3v) is 2.94. The van der Waals surface area contributed by atoms with E-state index in [0.29, 0.717) is 12.5 Å². The quantitative estimate of drug-likeness (QED) is 0.799. The lowest BCUT2D eigenvalue weighted by molar-refractivity contribution is 0.0690. The standard InChI is InChI=1S/C11H16N2O3/c14-11(15)10-5-9(12-13-10)7-16-6-8-3-1-2-4-8/h5,8H,1-4,6-7H2,(H,12,13)(H,14,15). The number of aromatic amines is 1. The number of H-pyrrole nitrogens is 1. The predicted molar refractivity (Wildman–Crippen MR) is 57.2 cm³/mol. The van der Waals surface area contributed by atoms with Crippen molar-refractivity contribution in [2.45, 2.75) is 32.3 Å². The van der Waals surface area contributed by atoms with Crippen LogP contribution < -0.4 is 0 Å². The van der Waals surface area contributed by atoms with Gasteiger partial charge in [0.2, 0.25) is 0 Å². The van der Waals surface area contributed by atoms with Crippen LogP contribution in [0.15, 0.2) is 6.07 Å². The normalized spacial score (nSPS) is 16.8. The largest absolute Gasteiger partial charge is 0.476 e. The molecule has 0 saturated heterocycles. The van der Waals surface area contributed by atoms with Crippen LogP contribution in [0, 0.1) is 5.92 Å². The highest BCUT2D eigenvalue weighted by molar-refractivity contribution is 5.85. The maximum Gasteiger partial charge on any atom is 0.356 e. The van der Waals surface area contributed by atoms with Crippen molar-refractivity contribution >= 4 is 5.97 Å². The molecule has 5 nitrogen and oxygen atoms in total. The topological polar surface area (TPSA) is 75.2 Å². The molecular formula is C11H16N2O3.